The highest BCUT2D eigenvalue weighted by atomic mass is 15.4. The molecule has 1 aliphatic rings. The smallest absolute Gasteiger partial charge is 0.151 e. The second-order valence-corrected chi connectivity index (χ2v) is 9.25. The molecule has 0 unspecified atom stereocenters. The van der Waals surface area contributed by atoms with Crippen LogP contribution in [0.15, 0.2) is 79.0 Å². The molecule has 3 heterocycles. The quantitative estimate of drug-likeness (QED) is 0.340. The number of aryl methyl sites for hydroxylation is 4. The Morgan fingerprint density at radius 1 is 0.794 bits per heavy atom. The van der Waals surface area contributed by atoms with Crippen LogP contribution in [0.4, 0.5) is 5.69 Å². The highest BCUT2D eigenvalue weighted by molar-refractivity contribution is 5.82. The van der Waals surface area contributed by atoms with Crippen molar-refractivity contribution in [1.82, 2.24) is 19.6 Å². The number of benzene rings is 3. The van der Waals surface area contributed by atoms with E-state index in [4.69, 9.17) is 10.2 Å². The maximum atomic E-state index is 5.06. The van der Waals surface area contributed by atoms with Crippen molar-refractivity contribution < 1.29 is 0 Å². The zero-order valence-corrected chi connectivity index (χ0v) is 19.9. The van der Waals surface area contributed by atoms with E-state index in [1.807, 2.05) is 22.9 Å². The predicted octanol–water partition coefficient (Wildman–Crippen LogP) is 6.61. The van der Waals surface area contributed by atoms with E-state index in [9.17, 15) is 0 Å². The number of aromatic nitrogens is 4. The summed E-state index contributed by atoms with van der Waals surface area (Å²) in [6.07, 6.45) is 1.96. The van der Waals surface area contributed by atoms with Crippen LogP contribution in [0.25, 0.3) is 28.2 Å². The standard InChI is InChI=1S/C29H27N5/c1-18-10-12-22(13-11-18)28-25(17-33(32-28)23-8-6-5-7-9-23)29-30-27-20(3)14-19(2)15-24(27)26-16-21(4)31-34(26)29/h5-17,29-30H,1-4H3/t29-/m0/s1. The van der Waals surface area contributed by atoms with Gasteiger partial charge in [0.15, 0.2) is 6.17 Å². The molecular weight excluding hydrogens is 418 g/mol. The molecule has 0 spiro atoms. The van der Waals surface area contributed by atoms with Crippen LogP contribution in [0.5, 0.6) is 0 Å². The molecule has 0 saturated carbocycles. The van der Waals surface area contributed by atoms with Crippen molar-refractivity contribution in [3.63, 3.8) is 0 Å². The number of hydrogen-bond acceptors (Lipinski definition) is 3. The highest BCUT2D eigenvalue weighted by Crippen LogP contribution is 2.43. The molecule has 0 fully saturated rings. The van der Waals surface area contributed by atoms with Gasteiger partial charge in [0.1, 0.15) is 0 Å². The summed E-state index contributed by atoms with van der Waals surface area (Å²) in [4.78, 5) is 0. The molecule has 1 N–H and O–H groups in total. The van der Waals surface area contributed by atoms with E-state index in [1.54, 1.807) is 0 Å². The van der Waals surface area contributed by atoms with E-state index in [1.165, 1.54) is 22.3 Å². The molecule has 0 saturated heterocycles. The van der Waals surface area contributed by atoms with E-state index >= 15 is 0 Å². The van der Waals surface area contributed by atoms with Gasteiger partial charge in [-0.3, -0.25) is 0 Å². The van der Waals surface area contributed by atoms with Crippen LogP contribution in [-0.2, 0) is 0 Å². The molecule has 0 aliphatic carbocycles. The van der Waals surface area contributed by atoms with Crippen molar-refractivity contribution in [2.24, 2.45) is 0 Å². The minimum atomic E-state index is -0.175. The number of nitrogens with zero attached hydrogens (tertiary/aromatic N) is 4. The van der Waals surface area contributed by atoms with Crippen LogP contribution < -0.4 is 5.32 Å². The SMILES string of the molecule is Cc1ccc(-c2nn(-c3ccccc3)cc2[C@H]2Nc3c(C)cc(C)cc3-c3cc(C)nn32)cc1. The Morgan fingerprint density at radius 2 is 1.56 bits per heavy atom. The van der Waals surface area contributed by atoms with E-state index < -0.39 is 0 Å². The number of para-hydroxylation sites is 1. The summed E-state index contributed by atoms with van der Waals surface area (Å²) >= 11 is 0. The van der Waals surface area contributed by atoms with Gasteiger partial charge in [0, 0.05) is 28.6 Å². The van der Waals surface area contributed by atoms with Crippen molar-refractivity contribution in [2.45, 2.75) is 33.9 Å². The lowest BCUT2D eigenvalue weighted by Crippen LogP contribution is -2.26. The maximum absolute atomic E-state index is 5.06. The van der Waals surface area contributed by atoms with Crippen LogP contribution in [0.2, 0.25) is 0 Å². The van der Waals surface area contributed by atoms with Crippen LogP contribution in [0.1, 0.15) is 34.1 Å². The molecule has 0 radical (unpaired) electrons. The number of fused-ring (bicyclic) bond motifs is 3. The van der Waals surface area contributed by atoms with E-state index in [-0.39, 0.29) is 6.17 Å². The highest BCUT2D eigenvalue weighted by Gasteiger charge is 2.31. The van der Waals surface area contributed by atoms with Crippen LogP contribution in [0.3, 0.4) is 0 Å². The van der Waals surface area contributed by atoms with E-state index in [2.05, 4.69) is 98.5 Å². The van der Waals surface area contributed by atoms with Crippen LogP contribution in [0, 0.1) is 27.7 Å². The van der Waals surface area contributed by atoms with Gasteiger partial charge >= 0.3 is 0 Å². The molecule has 0 bridgehead atoms. The first-order valence-corrected chi connectivity index (χ1v) is 11.6. The Morgan fingerprint density at radius 3 is 2.32 bits per heavy atom. The zero-order chi connectivity index (χ0) is 23.4. The van der Waals surface area contributed by atoms with Crippen LogP contribution in [-0.4, -0.2) is 19.6 Å². The average Bonchev–Trinajstić information content (AvgIpc) is 3.44. The summed E-state index contributed by atoms with van der Waals surface area (Å²) in [6, 6.07) is 25.5. The predicted molar refractivity (Wildman–Crippen MR) is 137 cm³/mol. The number of anilines is 1. The molecule has 5 nitrogen and oxygen atoms in total. The fourth-order valence-electron chi connectivity index (χ4n) is 4.92. The number of rotatable bonds is 3. The van der Waals surface area contributed by atoms with E-state index in [0.29, 0.717) is 0 Å². The van der Waals surface area contributed by atoms with Gasteiger partial charge in [-0.05, 0) is 57.5 Å². The van der Waals surface area contributed by atoms with Crippen molar-refractivity contribution >= 4 is 5.69 Å². The Balaban J connectivity index is 1.58. The molecular formula is C29H27N5. The second kappa shape index (κ2) is 7.73. The lowest BCUT2D eigenvalue weighted by molar-refractivity contribution is 0.571. The summed E-state index contributed by atoms with van der Waals surface area (Å²) < 4.78 is 4.08. The minimum absolute atomic E-state index is 0.175. The second-order valence-electron chi connectivity index (χ2n) is 9.25. The summed E-state index contributed by atoms with van der Waals surface area (Å²) in [6.45, 7) is 8.48. The van der Waals surface area contributed by atoms with Gasteiger partial charge < -0.3 is 5.32 Å². The monoisotopic (exact) mass is 445 g/mol. The summed E-state index contributed by atoms with van der Waals surface area (Å²) in [5.74, 6) is 0. The Labute approximate surface area is 199 Å². The Bertz CT molecular complexity index is 1510. The third kappa shape index (κ3) is 3.32. The number of nitrogens with one attached hydrogen (secondary N) is 1. The summed E-state index contributed by atoms with van der Waals surface area (Å²) in [5.41, 5.74) is 12.4. The fourth-order valence-corrected chi connectivity index (χ4v) is 4.92. The summed E-state index contributed by atoms with van der Waals surface area (Å²) in [5, 5.41) is 13.8. The van der Waals surface area contributed by atoms with Crippen LogP contribution >= 0.6 is 0 Å². The molecule has 168 valence electrons. The molecule has 1 aliphatic heterocycles. The largest absolute Gasteiger partial charge is 0.359 e. The molecule has 5 aromatic rings. The first kappa shape index (κ1) is 20.5. The van der Waals surface area contributed by atoms with Crippen molar-refractivity contribution in [3.05, 3.63) is 107 Å². The van der Waals surface area contributed by atoms with Gasteiger partial charge in [0.25, 0.3) is 0 Å². The third-order valence-electron chi connectivity index (χ3n) is 6.52. The molecule has 5 heteroatoms. The normalized spacial score (nSPS) is 14.4. The molecule has 0 amide bonds. The fraction of sp³-hybridized carbons (Fsp3) is 0.172. The Hall–Kier alpha value is -4.12. The van der Waals surface area contributed by atoms with Gasteiger partial charge in [0.05, 0.1) is 22.8 Å². The van der Waals surface area contributed by atoms with Gasteiger partial charge in [0.2, 0.25) is 0 Å². The molecule has 1 atom stereocenters. The molecule has 2 aromatic heterocycles. The van der Waals surface area contributed by atoms with Crippen molar-refractivity contribution in [1.29, 1.82) is 0 Å². The first-order valence-electron chi connectivity index (χ1n) is 11.6. The minimum Gasteiger partial charge on any atom is -0.359 e. The molecule has 6 rings (SSSR count). The summed E-state index contributed by atoms with van der Waals surface area (Å²) in [7, 11) is 0. The number of hydrogen-bond donors (Lipinski definition) is 1. The third-order valence-corrected chi connectivity index (χ3v) is 6.52. The lowest BCUT2D eigenvalue weighted by Gasteiger charge is -2.30. The van der Waals surface area contributed by atoms with Gasteiger partial charge in [-0.1, -0.05) is 59.7 Å². The maximum Gasteiger partial charge on any atom is 0.151 e. The van der Waals surface area contributed by atoms with Gasteiger partial charge in [-0.25, -0.2) is 9.36 Å². The Kier molecular flexibility index (Phi) is 4.66. The zero-order valence-electron chi connectivity index (χ0n) is 19.9. The lowest BCUT2D eigenvalue weighted by atomic mass is 9.97. The molecule has 3 aromatic carbocycles. The topological polar surface area (TPSA) is 47.7 Å². The molecule has 34 heavy (non-hydrogen) atoms. The average molecular weight is 446 g/mol. The van der Waals surface area contributed by atoms with Crippen molar-refractivity contribution in [2.75, 3.05) is 5.32 Å². The first-order chi connectivity index (χ1) is 16.5. The van der Waals surface area contributed by atoms with Crippen molar-refractivity contribution in [3.8, 4) is 28.2 Å². The van der Waals surface area contributed by atoms with Gasteiger partial charge in [-0.15, -0.1) is 0 Å². The van der Waals surface area contributed by atoms with Gasteiger partial charge in [-0.2, -0.15) is 10.2 Å². The van der Waals surface area contributed by atoms with E-state index in [0.717, 1.165) is 39.6 Å².